The van der Waals surface area contributed by atoms with E-state index in [4.69, 9.17) is 4.42 Å². The van der Waals surface area contributed by atoms with Crippen molar-refractivity contribution < 1.29 is 9.52 Å². The smallest absolute Gasteiger partial charge is 0.261 e. The van der Waals surface area contributed by atoms with E-state index in [0.29, 0.717) is 5.22 Å². The Bertz CT molecular complexity index is 656. The summed E-state index contributed by atoms with van der Waals surface area (Å²) >= 11 is 1.47. The summed E-state index contributed by atoms with van der Waals surface area (Å²) in [6.07, 6.45) is -0.441. The van der Waals surface area contributed by atoms with E-state index in [9.17, 15) is 5.11 Å². The number of hydrogen-bond donors (Lipinski definition) is 1. The zero-order chi connectivity index (χ0) is 13.2. The second-order valence-electron chi connectivity index (χ2n) is 4.29. The summed E-state index contributed by atoms with van der Waals surface area (Å²) in [4.78, 5) is 5.45. The van der Waals surface area contributed by atoms with E-state index in [-0.39, 0.29) is 0 Å². The van der Waals surface area contributed by atoms with Gasteiger partial charge in [0.15, 0.2) is 5.58 Å². The fourth-order valence-corrected chi connectivity index (χ4v) is 2.56. The van der Waals surface area contributed by atoms with E-state index in [2.05, 4.69) is 4.98 Å². The maximum atomic E-state index is 9.46. The van der Waals surface area contributed by atoms with Crippen LogP contribution < -0.4 is 0 Å². The van der Waals surface area contributed by atoms with Crippen molar-refractivity contribution in [2.45, 2.75) is 23.1 Å². The molecule has 19 heavy (non-hydrogen) atoms. The Morgan fingerprint density at radius 1 is 1.11 bits per heavy atom. The lowest BCUT2D eigenvalue weighted by molar-refractivity contribution is 0.199. The van der Waals surface area contributed by atoms with E-state index in [1.54, 1.807) is 6.92 Å². The monoisotopic (exact) mass is 271 g/mol. The predicted octanol–water partition coefficient (Wildman–Crippen LogP) is 4.03. The van der Waals surface area contributed by atoms with Gasteiger partial charge in [-0.05, 0) is 48.5 Å². The van der Waals surface area contributed by atoms with Crippen LogP contribution in [0, 0.1) is 0 Å². The number of benzene rings is 2. The van der Waals surface area contributed by atoms with Gasteiger partial charge in [0, 0.05) is 4.90 Å². The Morgan fingerprint density at radius 3 is 2.53 bits per heavy atom. The third-order valence-corrected chi connectivity index (χ3v) is 3.70. The van der Waals surface area contributed by atoms with Gasteiger partial charge in [0.1, 0.15) is 5.52 Å². The molecule has 0 amide bonds. The van der Waals surface area contributed by atoms with Crippen molar-refractivity contribution in [2.75, 3.05) is 0 Å². The molecule has 0 saturated heterocycles. The summed E-state index contributed by atoms with van der Waals surface area (Å²) in [5.74, 6) is 0. The van der Waals surface area contributed by atoms with Gasteiger partial charge in [0.05, 0.1) is 6.10 Å². The van der Waals surface area contributed by atoms with Crippen LogP contribution in [0.15, 0.2) is 63.1 Å². The average molecular weight is 271 g/mol. The molecule has 0 aliphatic carbocycles. The topological polar surface area (TPSA) is 46.3 Å². The predicted molar refractivity (Wildman–Crippen MR) is 75.2 cm³/mol. The molecule has 96 valence electrons. The van der Waals surface area contributed by atoms with Crippen LogP contribution in [0.3, 0.4) is 0 Å². The minimum atomic E-state index is -0.441. The van der Waals surface area contributed by atoms with Gasteiger partial charge in [-0.2, -0.15) is 0 Å². The first-order valence-electron chi connectivity index (χ1n) is 6.04. The Hall–Kier alpha value is -1.78. The maximum Gasteiger partial charge on any atom is 0.261 e. The summed E-state index contributed by atoms with van der Waals surface area (Å²) in [5.41, 5.74) is 2.57. The second-order valence-corrected chi connectivity index (χ2v) is 5.32. The van der Waals surface area contributed by atoms with Gasteiger partial charge >= 0.3 is 0 Å². The van der Waals surface area contributed by atoms with Gasteiger partial charge in [-0.25, -0.2) is 4.98 Å². The van der Waals surface area contributed by atoms with E-state index >= 15 is 0 Å². The van der Waals surface area contributed by atoms with Crippen LogP contribution in [0.5, 0.6) is 0 Å². The molecule has 0 radical (unpaired) electrons. The minimum Gasteiger partial charge on any atom is -0.431 e. The lowest BCUT2D eigenvalue weighted by atomic mass is 10.1. The third-order valence-electron chi connectivity index (χ3n) is 2.84. The third kappa shape index (κ3) is 2.64. The van der Waals surface area contributed by atoms with Gasteiger partial charge in [-0.15, -0.1) is 0 Å². The quantitative estimate of drug-likeness (QED) is 0.781. The molecule has 1 aromatic heterocycles. The Labute approximate surface area is 115 Å². The van der Waals surface area contributed by atoms with Crippen LogP contribution in [0.2, 0.25) is 0 Å². The number of rotatable bonds is 3. The lowest BCUT2D eigenvalue weighted by Gasteiger charge is -2.04. The number of aromatic nitrogens is 1. The van der Waals surface area contributed by atoms with Crippen LogP contribution >= 0.6 is 11.8 Å². The molecule has 4 heteroatoms. The van der Waals surface area contributed by atoms with E-state index < -0.39 is 6.10 Å². The fourth-order valence-electron chi connectivity index (χ4n) is 1.81. The van der Waals surface area contributed by atoms with Gasteiger partial charge in [-0.1, -0.05) is 24.3 Å². The highest BCUT2D eigenvalue weighted by atomic mass is 32.2. The number of oxazole rings is 1. The van der Waals surface area contributed by atoms with Gasteiger partial charge in [0.25, 0.3) is 5.22 Å². The summed E-state index contributed by atoms with van der Waals surface area (Å²) in [6, 6.07) is 15.5. The highest BCUT2D eigenvalue weighted by molar-refractivity contribution is 7.99. The highest BCUT2D eigenvalue weighted by Gasteiger charge is 2.07. The normalized spacial score (nSPS) is 12.7. The molecule has 3 rings (SSSR count). The van der Waals surface area contributed by atoms with Crippen molar-refractivity contribution in [1.82, 2.24) is 4.98 Å². The SMILES string of the molecule is C[C@H](O)c1ccc(Sc2nc3ccccc3o2)cc1. The van der Waals surface area contributed by atoms with Crippen LogP contribution in [-0.2, 0) is 0 Å². The van der Waals surface area contributed by atoms with Crippen molar-refractivity contribution in [1.29, 1.82) is 0 Å². The molecule has 0 unspecified atom stereocenters. The molecule has 1 heterocycles. The van der Waals surface area contributed by atoms with E-state index in [1.807, 2.05) is 48.5 Å². The molecule has 0 fully saturated rings. The molecular weight excluding hydrogens is 258 g/mol. The average Bonchev–Trinajstić information content (AvgIpc) is 2.81. The summed E-state index contributed by atoms with van der Waals surface area (Å²) in [6.45, 7) is 1.75. The van der Waals surface area contributed by atoms with Crippen molar-refractivity contribution in [3.8, 4) is 0 Å². The first kappa shape index (κ1) is 12.3. The zero-order valence-corrected chi connectivity index (χ0v) is 11.2. The van der Waals surface area contributed by atoms with Crippen LogP contribution in [0.25, 0.3) is 11.1 Å². The summed E-state index contributed by atoms with van der Waals surface area (Å²) in [7, 11) is 0. The molecule has 1 N–H and O–H groups in total. The number of aliphatic hydroxyl groups is 1. The molecular formula is C15H13NO2S. The second kappa shape index (κ2) is 5.07. The fraction of sp³-hybridized carbons (Fsp3) is 0.133. The first-order valence-corrected chi connectivity index (χ1v) is 6.85. The van der Waals surface area contributed by atoms with Crippen molar-refractivity contribution >= 4 is 22.9 Å². The molecule has 0 aliphatic rings. The molecule has 0 bridgehead atoms. The van der Waals surface area contributed by atoms with Crippen LogP contribution in [0.4, 0.5) is 0 Å². The molecule has 2 aromatic carbocycles. The minimum absolute atomic E-state index is 0.441. The molecule has 3 aromatic rings. The lowest BCUT2D eigenvalue weighted by Crippen LogP contribution is -1.89. The number of hydrogen-bond acceptors (Lipinski definition) is 4. The Kier molecular flexibility index (Phi) is 3.27. The van der Waals surface area contributed by atoms with E-state index in [1.165, 1.54) is 11.8 Å². The van der Waals surface area contributed by atoms with Crippen LogP contribution in [0.1, 0.15) is 18.6 Å². The Balaban J connectivity index is 1.84. The van der Waals surface area contributed by atoms with Crippen molar-refractivity contribution in [3.63, 3.8) is 0 Å². The van der Waals surface area contributed by atoms with Gasteiger partial charge in [0.2, 0.25) is 0 Å². The number of nitrogens with zero attached hydrogens (tertiary/aromatic N) is 1. The molecule has 0 aliphatic heterocycles. The number of fused-ring (bicyclic) bond motifs is 1. The number of para-hydroxylation sites is 2. The Morgan fingerprint density at radius 2 is 1.84 bits per heavy atom. The van der Waals surface area contributed by atoms with Crippen molar-refractivity contribution in [3.05, 3.63) is 54.1 Å². The van der Waals surface area contributed by atoms with Gasteiger partial charge < -0.3 is 9.52 Å². The van der Waals surface area contributed by atoms with Gasteiger partial charge in [-0.3, -0.25) is 0 Å². The van der Waals surface area contributed by atoms with Crippen LogP contribution in [-0.4, -0.2) is 10.1 Å². The number of aliphatic hydroxyl groups excluding tert-OH is 1. The molecule has 0 saturated carbocycles. The summed E-state index contributed by atoms with van der Waals surface area (Å²) in [5, 5.41) is 10.1. The standard InChI is InChI=1S/C15H13NO2S/c1-10(17)11-6-8-12(9-7-11)19-15-16-13-4-2-3-5-14(13)18-15/h2-10,17H,1H3/t10-/m0/s1. The maximum absolute atomic E-state index is 9.46. The largest absolute Gasteiger partial charge is 0.431 e. The van der Waals surface area contributed by atoms with E-state index in [0.717, 1.165) is 21.6 Å². The molecule has 1 atom stereocenters. The van der Waals surface area contributed by atoms with Crippen molar-refractivity contribution in [2.24, 2.45) is 0 Å². The highest BCUT2D eigenvalue weighted by Crippen LogP contribution is 2.30. The molecule has 0 spiro atoms. The summed E-state index contributed by atoms with van der Waals surface area (Å²) < 4.78 is 5.65. The zero-order valence-electron chi connectivity index (χ0n) is 10.4. The molecule has 3 nitrogen and oxygen atoms in total. The first-order chi connectivity index (χ1) is 9.22.